The van der Waals surface area contributed by atoms with E-state index in [1.54, 1.807) is 0 Å². The van der Waals surface area contributed by atoms with Crippen molar-refractivity contribution in [3.63, 3.8) is 0 Å². The largest absolute Gasteiger partial charge is 0.168 e. The van der Waals surface area contributed by atoms with Crippen LogP contribution in [0.5, 0.6) is 0 Å². The fourth-order valence-electron chi connectivity index (χ4n) is 1.48. The fourth-order valence-corrected chi connectivity index (χ4v) is 1.86. The lowest BCUT2D eigenvalue weighted by Gasteiger charge is -2.36. The van der Waals surface area contributed by atoms with Gasteiger partial charge in [0.1, 0.15) is 0 Å². The first-order chi connectivity index (χ1) is 5.77. The maximum atomic E-state index is 4.68. The number of hydrogen-bond acceptors (Lipinski definition) is 1. The number of rotatable bonds is 5. The van der Waals surface area contributed by atoms with Gasteiger partial charge in [0, 0.05) is 4.75 Å². The van der Waals surface area contributed by atoms with Gasteiger partial charge in [-0.15, -0.1) is 0 Å². The molecule has 1 atom stereocenters. The second-order valence-corrected chi connectivity index (χ2v) is 5.74. The van der Waals surface area contributed by atoms with Crippen LogP contribution in [0.1, 0.15) is 53.9 Å². The Kier molecular flexibility index (Phi) is 4.58. The molecule has 0 radical (unpaired) electrons. The Labute approximate surface area is 89.2 Å². The molecule has 0 aromatic carbocycles. The predicted molar refractivity (Wildman–Crippen MR) is 65.5 cm³/mol. The van der Waals surface area contributed by atoms with E-state index in [1.165, 1.54) is 18.4 Å². The average molecular weight is 200 g/mol. The highest BCUT2D eigenvalue weighted by molar-refractivity contribution is 7.82. The van der Waals surface area contributed by atoms with Crippen LogP contribution in [0.4, 0.5) is 0 Å². The van der Waals surface area contributed by atoms with E-state index in [9.17, 15) is 0 Å². The summed E-state index contributed by atoms with van der Waals surface area (Å²) in [5, 5.41) is 0. The van der Waals surface area contributed by atoms with E-state index < -0.39 is 0 Å². The molecule has 0 aromatic rings. The normalized spacial score (nSPS) is 16.8. The Balaban J connectivity index is 4.48. The predicted octanol–water partition coefficient (Wildman–Crippen LogP) is 4.47. The minimum absolute atomic E-state index is 0.0131. The first-order valence-corrected chi connectivity index (χ1v) is 5.60. The van der Waals surface area contributed by atoms with Gasteiger partial charge in [-0.25, -0.2) is 0 Å². The maximum Gasteiger partial charge on any atom is 0.0309 e. The van der Waals surface area contributed by atoms with E-state index in [2.05, 4.69) is 53.8 Å². The van der Waals surface area contributed by atoms with Crippen LogP contribution in [-0.2, 0) is 0 Å². The van der Waals surface area contributed by atoms with Crippen molar-refractivity contribution in [3.05, 3.63) is 12.2 Å². The van der Waals surface area contributed by atoms with Crippen LogP contribution in [0.15, 0.2) is 12.2 Å². The molecule has 0 N–H and O–H groups in total. The highest BCUT2D eigenvalue weighted by atomic mass is 32.1. The fraction of sp³-hybridized carbons (Fsp3) is 0.833. The zero-order valence-corrected chi connectivity index (χ0v) is 10.7. The van der Waals surface area contributed by atoms with Gasteiger partial charge in [-0.3, -0.25) is 0 Å². The van der Waals surface area contributed by atoms with E-state index in [4.69, 9.17) is 0 Å². The van der Waals surface area contributed by atoms with Gasteiger partial charge < -0.3 is 0 Å². The summed E-state index contributed by atoms with van der Waals surface area (Å²) in [7, 11) is 0. The van der Waals surface area contributed by atoms with E-state index in [0.29, 0.717) is 5.41 Å². The summed E-state index contributed by atoms with van der Waals surface area (Å²) >= 11 is 4.68. The summed E-state index contributed by atoms with van der Waals surface area (Å²) in [5.74, 6) is 0. The molecule has 0 bridgehead atoms. The minimum Gasteiger partial charge on any atom is -0.168 e. The molecule has 0 rings (SSSR count). The van der Waals surface area contributed by atoms with E-state index >= 15 is 0 Å². The smallest absolute Gasteiger partial charge is 0.0309 e. The monoisotopic (exact) mass is 200 g/mol. The molecule has 0 saturated carbocycles. The molecule has 0 heterocycles. The summed E-state index contributed by atoms with van der Waals surface area (Å²) in [6, 6.07) is 0. The lowest BCUT2D eigenvalue weighted by Crippen LogP contribution is -2.28. The van der Waals surface area contributed by atoms with Gasteiger partial charge in [-0.05, 0) is 25.7 Å². The lowest BCUT2D eigenvalue weighted by molar-refractivity contribution is 0.254. The Hall–Kier alpha value is 0.0900. The third-order valence-electron chi connectivity index (χ3n) is 3.40. The second-order valence-electron chi connectivity index (χ2n) is 4.75. The van der Waals surface area contributed by atoms with Crippen LogP contribution in [0.2, 0.25) is 0 Å². The topological polar surface area (TPSA) is 0 Å². The van der Waals surface area contributed by atoms with Gasteiger partial charge in [0.2, 0.25) is 0 Å². The molecule has 1 heteroatoms. The summed E-state index contributed by atoms with van der Waals surface area (Å²) in [6.45, 7) is 15.1. The van der Waals surface area contributed by atoms with Crippen LogP contribution < -0.4 is 0 Å². The van der Waals surface area contributed by atoms with Crippen LogP contribution >= 0.6 is 12.6 Å². The highest BCUT2D eigenvalue weighted by Gasteiger charge is 2.30. The third kappa shape index (κ3) is 3.76. The quantitative estimate of drug-likeness (QED) is 0.491. The van der Waals surface area contributed by atoms with Crippen molar-refractivity contribution >= 4 is 12.6 Å². The highest BCUT2D eigenvalue weighted by Crippen LogP contribution is 2.40. The molecule has 0 fully saturated rings. The molecule has 0 spiro atoms. The first-order valence-electron chi connectivity index (χ1n) is 5.16. The molecule has 0 aliphatic rings. The van der Waals surface area contributed by atoms with Crippen LogP contribution in [0.25, 0.3) is 0 Å². The van der Waals surface area contributed by atoms with Crippen molar-refractivity contribution in [3.8, 4) is 0 Å². The summed E-state index contributed by atoms with van der Waals surface area (Å²) < 4.78 is -0.0131. The molecule has 0 aliphatic heterocycles. The standard InChI is InChI=1S/C12H24S/c1-7-11(5,8-2)9-12(6,13)10(3)4/h13H,3,7-9H2,1-2,4-6H3. The van der Waals surface area contributed by atoms with Crippen molar-refractivity contribution in [2.45, 2.75) is 58.6 Å². The van der Waals surface area contributed by atoms with Crippen molar-refractivity contribution in [1.82, 2.24) is 0 Å². The Morgan fingerprint density at radius 2 is 1.62 bits per heavy atom. The van der Waals surface area contributed by atoms with Crippen molar-refractivity contribution in [2.24, 2.45) is 5.41 Å². The van der Waals surface area contributed by atoms with Crippen LogP contribution in [-0.4, -0.2) is 4.75 Å². The van der Waals surface area contributed by atoms with Gasteiger partial charge in [0.25, 0.3) is 0 Å². The minimum atomic E-state index is -0.0131. The van der Waals surface area contributed by atoms with E-state index in [-0.39, 0.29) is 4.75 Å². The summed E-state index contributed by atoms with van der Waals surface area (Å²) in [6.07, 6.45) is 3.55. The zero-order valence-electron chi connectivity index (χ0n) is 9.78. The average Bonchev–Trinajstić information content (AvgIpc) is 2.03. The van der Waals surface area contributed by atoms with Gasteiger partial charge >= 0.3 is 0 Å². The molecular formula is C12H24S. The van der Waals surface area contributed by atoms with Crippen LogP contribution in [0.3, 0.4) is 0 Å². The molecule has 0 nitrogen and oxygen atoms in total. The van der Waals surface area contributed by atoms with E-state index in [1.807, 2.05) is 0 Å². The summed E-state index contributed by atoms with van der Waals surface area (Å²) in [4.78, 5) is 0. The first kappa shape index (κ1) is 13.1. The SMILES string of the molecule is C=C(C)C(C)(S)CC(C)(CC)CC. The second kappa shape index (κ2) is 4.54. The van der Waals surface area contributed by atoms with Crippen molar-refractivity contribution in [2.75, 3.05) is 0 Å². The molecule has 13 heavy (non-hydrogen) atoms. The Morgan fingerprint density at radius 1 is 1.23 bits per heavy atom. The molecule has 1 unspecified atom stereocenters. The lowest BCUT2D eigenvalue weighted by atomic mass is 9.75. The molecule has 0 saturated heterocycles. The Bertz CT molecular complexity index is 176. The van der Waals surface area contributed by atoms with Gasteiger partial charge in [0.05, 0.1) is 0 Å². The van der Waals surface area contributed by atoms with Gasteiger partial charge in [0.15, 0.2) is 0 Å². The van der Waals surface area contributed by atoms with Crippen molar-refractivity contribution < 1.29 is 0 Å². The van der Waals surface area contributed by atoms with Gasteiger partial charge in [-0.2, -0.15) is 12.6 Å². The maximum absolute atomic E-state index is 4.68. The molecule has 0 aromatic heterocycles. The Morgan fingerprint density at radius 3 is 1.85 bits per heavy atom. The third-order valence-corrected chi connectivity index (χ3v) is 3.94. The number of thiol groups is 1. The van der Waals surface area contributed by atoms with Gasteiger partial charge in [-0.1, -0.05) is 45.8 Å². The van der Waals surface area contributed by atoms with Crippen LogP contribution in [0, 0.1) is 5.41 Å². The zero-order chi connectivity index (χ0) is 10.7. The molecule has 0 amide bonds. The van der Waals surface area contributed by atoms with Crippen molar-refractivity contribution in [1.29, 1.82) is 0 Å². The molecule has 78 valence electrons. The molecule has 0 aliphatic carbocycles. The molecular weight excluding hydrogens is 176 g/mol. The van der Waals surface area contributed by atoms with E-state index in [0.717, 1.165) is 6.42 Å². The summed E-state index contributed by atoms with van der Waals surface area (Å²) in [5.41, 5.74) is 1.58. The number of hydrogen-bond donors (Lipinski definition) is 1.